The van der Waals surface area contributed by atoms with Crippen molar-refractivity contribution in [2.24, 2.45) is 0 Å². The maximum Gasteiger partial charge on any atom is 0.261 e. The van der Waals surface area contributed by atoms with Gasteiger partial charge in [-0.15, -0.1) is 0 Å². The molecule has 0 atom stereocenters. The van der Waals surface area contributed by atoms with Crippen LogP contribution in [-0.2, 0) is 10.0 Å². The summed E-state index contributed by atoms with van der Waals surface area (Å²) in [6, 6.07) is 20.4. The Hall–Kier alpha value is -3.12. The molecule has 3 rings (SSSR count). The average Bonchev–Trinajstić information content (AvgIpc) is 2.61. The molecule has 6 heteroatoms. The standard InChI is InChI=1S/C21H20N2O3S/c1-15-6-3-9-18(12-15)22-21(24)17-8-5-11-20(14-17)27(25,26)23-19-10-4-7-16(2)13-19/h3-14,23H,1-2H3,(H,22,24). The third-order valence-corrected chi connectivity index (χ3v) is 5.33. The summed E-state index contributed by atoms with van der Waals surface area (Å²) in [7, 11) is -3.80. The third-order valence-electron chi connectivity index (χ3n) is 3.95. The van der Waals surface area contributed by atoms with Crippen molar-refractivity contribution >= 4 is 27.3 Å². The van der Waals surface area contributed by atoms with Gasteiger partial charge in [-0.2, -0.15) is 0 Å². The van der Waals surface area contributed by atoms with Crippen molar-refractivity contribution in [3.63, 3.8) is 0 Å². The maximum absolute atomic E-state index is 12.6. The normalized spacial score (nSPS) is 11.0. The average molecular weight is 380 g/mol. The Bertz CT molecular complexity index is 1090. The zero-order valence-corrected chi connectivity index (χ0v) is 15.9. The molecule has 1 amide bonds. The van der Waals surface area contributed by atoms with Gasteiger partial charge in [0.15, 0.2) is 0 Å². The number of anilines is 2. The first-order valence-corrected chi connectivity index (χ1v) is 9.89. The van der Waals surface area contributed by atoms with E-state index < -0.39 is 10.0 Å². The lowest BCUT2D eigenvalue weighted by Crippen LogP contribution is -2.16. The van der Waals surface area contributed by atoms with E-state index in [2.05, 4.69) is 10.0 Å². The zero-order valence-electron chi connectivity index (χ0n) is 15.1. The summed E-state index contributed by atoms with van der Waals surface area (Å²) in [4.78, 5) is 12.5. The smallest absolute Gasteiger partial charge is 0.261 e. The zero-order chi connectivity index (χ0) is 19.4. The summed E-state index contributed by atoms with van der Waals surface area (Å²) in [5.74, 6) is -0.367. The van der Waals surface area contributed by atoms with E-state index in [4.69, 9.17) is 0 Å². The van der Waals surface area contributed by atoms with Crippen molar-refractivity contribution in [3.05, 3.63) is 89.5 Å². The minimum atomic E-state index is -3.80. The molecule has 0 bridgehead atoms. The molecule has 0 aliphatic heterocycles. The molecule has 2 N–H and O–H groups in total. The molecule has 0 fully saturated rings. The summed E-state index contributed by atoms with van der Waals surface area (Å²) < 4.78 is 27.8. The van der Waals surface area contributed by atoms with Gasteiger partial charge >= 0.3 is 0 Å². The fourth-order valence-electron chi connectivity index (χ4n) is 2.65. The van der Waals surface area contributed by atoms with Gasteiger partial charge in [-0.3, -0.25) is 9.52 Å². The van der Waals surface area contributed by atoms with Crippen molar-refractivity contribution in [1.82, 2.24) is 0 Å². The Kier molecular flexibility index (Phi) is 5.28. The molecule has 0 saturated carbocycles. The fraction of sp³-hybridized carbons (Fsp3) is 0.0952. The van der Waals surface area contributed by atoms with Gasteiger partial charge in [-0.05, 0) is 67.4 Å². The van der Waals surface area contributed by atoms with Crippen LogP contribution in [0.1, 0.15) is 21.5 Å². The van der Waals surface area contributed by atoms with Gasteiger partial charge in [0.2, 0.25) is 0 Å². The summed E-state index contributed by atoms with van der Waals surface area (Å²) in [5, 5.41) is 2.78. The van der Waals surface area contributed by atoms with Crippen molar-refractivity contribution < 1.29 is 13.2 Å². The van der Waals surface area contributed by atoms with Gasteiger partial charge < -0.3 is 5.32 Å². The molecule has 0 saturated heterocycles. The van der Waals surface area contributed by atoms with Crippen LogP contribution in [0.25, 0.3) is 0 Å². The van der Waals surface area contributed by atoms with Crippen molar-refractivity contribution in [1.29, 1.82) is 0 Å². The summed E-state index contributed by atoms with van der Waals surface area (Å²) in [6.07, 6.45) is 0. The lowest BCUT2D eigenvalue weighted by Gasteiger charge is -2.10. The van der Waals surface area contributed by atoms with E-state index in [0.717, 1.165) is 11.1 Å². The number of benzene rings is 3. The first-order chi connectivity index (χ1) is 12.8. The van der Waals surface area contributed by atoms with Crippen LogP contribution in [-0.4, -0.2) is 14.3 Å². The summed E-state index contributed by atoms with van der Waals surface area (Å²) >= 11 is 0. The molecular weight excluding hydrogens is 360 g/mol. The monoisotopic (exact) mass is 380 g/mol. The van der Waals surface area contributed by atoms with Crippen molar-refractivity contribution in [2.75, 3.05) is 10.0 Å². The minimum Gasteiger partial charge on any atom is -0.322 e. The number of aryl methyl sites for hydroxylation is 2. The van der Waals surface area contributed by atoms with E-state index in [1.54, 1.807) is 36.4 Å². The van der Waals surface area contributed by atoms with Crippen LogP contribution < -0.4 is 10.0 Å². The van der Waals surface area contributed by atoms with Crippen molar-refractivity contribution in [3.8, 4) is 0 Å². The van der Waals surface area contributed by atoms with E-state index in [9.17, 15) is 13.2 Å². The van der Waals surface area contributed by atoms with Gasteiger partial charge in [0.05, 0.1) is 4.90 Å². The van der Waals surface area contributed by atoms with Crippen LogP contribution in [0.3, 0.4) is 0 Å². The Labute approximate surface area is 159 Å². The van der Waals surface area contributed by atoms with Crippen LogP contribution in [0.5, 0.6) is 0 Å². The van der Waals surface area contributed by atoms with Gasteiger partial charge in [-0.25, -0.2) is 8.42 Å². The highest BCUT2D eigenvalue weighted by molar-refractivity contribution is 7.92. The van der Waals surface area contributed by atoms with Crippen LogP contribution >= 0.6 is 0 Å². The molecule has 3 aromatic carbocycles. The highest BCUT2D eigenvalue weighted by Crippen LogP contribution is 2.19. The second kappa shape index (κ2) is 7.63. The molecule has 0 radical (unpaired) electrons. The molecule has 5 nitrogen and oxygen atoms in total. The van der Waals surface area contributed by atoms with E-state index >= 15 is 0 Å². The SMILES string of the molecule is Cc1cccc(NC(=O)c2cccc(S(=O)(=O)Nc3cccc(C)c3)c2)c1. The summed E-state index contributed by atoms with van der Waals surface area (Å²) in [5.41, 5.74) is 3.37. The number of hydrogen-bond acceptors (Lipinski definition) is 3. The largest absolute Gasteiger partial charge is 0.322 e. The number of amides is 1. The molecule has 0 unspecified atom stereocenters. The molecule has 0 aliphatic carbocycles. The lowest BCUT2D eigenvalue weighted by molar-refractivity contribution is 0.102. The topological polar surface area (TPSA) is 75.3 Å². The van der Waals surface area contributed by atoms with E-state index in [1.165, 1.54) is 12.1 Å². The van der Waals surface area contributed by atoms with Gasteiger partial charge in [0, 0.05) is 16.9 Å². The van der Waals surface area contributed by atoms with E-state index in [1.807, 2.05) is 38.1 Å². The summed E-state index contributed by atoms with van der Waals surface area (Å²) in [6.45, 7) is 3.81. The molecule has 0 heterocycles. The molecule has 0 aromatic heterocycles. The van der Waals surface area contributed by atoms with Crippen LogP contribution in [0.15, 0.2) is 77.7 Å². The van der Waals surface area contributed by atoms with Crippen LogP contribution in [0.2, 0.25) is 0 Å². The molecule has 27 heavy (non-hydrogen) atoms. The number of hydrogen-bond donors (Lipinski definition) is 2. The van der Waals surface area contributed by atoms with Crippen molar-refractivity contribution in [2.45, 2.75) is 18.7 Å². The van der Waals surface area contributed by atoms with E-state index in [-0.39, 0.29) is 16.4 Å². The van der Waals surface area contributed by atoms with Crippen LogP contribution in [0, 0.1) is 13.8 Å². The number of rotatable bonds is 5. The lowest BCUT2D eigenvalue weighted by atomic mass is 10.2. The Morgan fingerprint density at radius 2 is 1.37 bits per heavy atom. The van der Waals surface area contributed by atoms with Gasteiger partial charge in [0.25, 0.3) is 15.9 Å². The second-order valence-electron chi connectivity index (χ2n) is 6.33. The molecular formula is C21H20N2O3S. The first-order valence-electron chi connectivity index (χ1n) is 8.41. The Morgan fingerprint density at radius 1 is 0.778 bits per heavy atom. The van der Waals surface area contributed by atoms with E-state index in [0.29, 0.717) is 11.4 Å². The molecule has 138 valence electrons. The minimum absolute atomic E-state index is 0.0286. The molecule has 3 aromatic rings. The van der Waals surface area contributed by atoms with Gasteiger partial charge in [0.1, 0.15) is 0 Å². The third kappa shape index (κ3) is 4.74. The highest BCUT2D eigenvalue weighted by Gasteiger charge is 2.17. The number of nitrogens with one attached hydrogen (secondary N) is 2. The fourth-order valence-corrected chi connectivity index (χ4v) is 3.75. The highest BCUT2D eigenvalue weighted by atomic mass is 32.2. The number of carbonyl (C=O) groups is 1. The number of sulfonamides is 1. The van der Waals surface area contributed by atoms with Crippen LogP contribution in [0.4, 0.5) is 11.4 Å². The Morgan fingerprint density at radius 3 is 2.04 bits per heavy atom. The maximum atomic E-state index is 12.6. The predicted molar refractivity (Wildman–Crippen MR) is 108 cm³/mol. The molecule has 0 spiro atoms. The quantitative estimate of drug-likeness (QED) is 0.691. The second-order valence-corrected chi connectivity index (χ2v) is 8.01. The first kappa shape index (κ1) is 18.7. The Balaban J connectivity index is 1.82. The molecule has 0 aliphatic rings. The number of carbonyl (C=O) groups excluding carboxylic acids is 1. The predicted octanol–water partition coefficient (Wildman–Crippen LogP) is 4.36. The van der Waals surface area contributed by atoms with Gasteiger partial charge in [-0.1, -0.05) is 30.3 Å².